The number of benzene rings is 1. The third-order valence-corrected chi connectivity index (χ3v) is 5.47. The van der Waals surface area contributed by atoms with Gasteiger partial charge in [-0.2, -0.15) is 0 Å². The number of rotatable bonds is 4. The third kappa shape index (κ3) is 3.89. The van der Waals surface area contributed by atoms with Gasteiger partial charge in [0.2, 0.25) is 0 Å². The van der Waals surface area contributed by atoms with Crippen molar-refractivity contribution in [2.75, 3.05) is 31.1 Å². The Balaban J connectivity index is 1.56. The van der Waals surface area contributed by atoms with Crippen LogP contribution in [0.3, 0.4) is 0 Å². The first-order valence-corrected chi connectivity index (χ1v) is 9.58. The van der Waals surface area contributed by atoms with Gasteiger partial charge in [-0.1, -0.05) is 6.07 Å². The minimum absolute atomic E-state index is 0.0289. The van der Waals surface area contributed by atoms with Crippen molar-refractivity contribution in [2.45, 2.75) is 20.0 Å². The molecule has 2 heterocycles. The second-order valence-corrected chi connectivity index (χ2v) is 7.55. The van der Waals surface area contributed by atoms with Crippen LogP contribution < -0.4 is 9.64 Å². The first-order valence-electron chi connectivity index (χ1n) is 7.90. The van der Waals surface area contributed by atoms with E-state index in [1.807, 2.05) is 48.5 Å². The molecular weight excluding hydrogens is 390 g/mol. The Morgan fingerprint density at radius 1 is 1.33 bits per heavy atom. The van der Waals surface area contributed by atoms with Crippen LogP contribution in [0.15, 0.2) is 34.2 Å². The summed E-state index contributed by atoms with van der Waals surface area (Å²) in [6.45, 7) is 6.83. The molecule has 1 atom stereocenters. The number of aryl methyl sites for hydroxylation is 1. The average molecular weight is 410 g/mol. The molecule has 2 aromatic rings. The molecule has 1 aliphatic rings. The van der Waals surface area contributed by atoms with Gasteiger partial charge in [0.1, 0.15) is 5.75 Å². The van der Waals surface area contributed by atoms with Crippen molar-refractivity contribution in [3.63, 3.8) is 0 Å². The van der Waals surface area contributed by atoms with E-state index in [2.05, 4.69) is 25.8 Å². The fourth-order valence-electron chi connectivity index (χ4n) is 2.69. The number of anilines is 1. The highest BCUT2D eigenvalue weighted by atomic mass is 79.9. The Morgan fingerprint density at radius 2 is 2.08 bits per heavy atom. The van der Waals surface area contributed by atoms with E-state index in [-0.39, 0.29) is 5.91 Å². The smallest absolute Gasteiger partial charge is 0.263 e. The monoisotopic (exact) mass is 409 g/mol. The maximum atomic E-state index is 12.6. The van der Waals surface area contributed by atoms with Crippen LogP contribution in [-0.2, 0) is 4.79 Å². The van der Waals surface area contributed by atoms with Crippen molar-refractivity contribution in [2.24, 2.45) is 0 Å². The van der Waals surface area contributed by atoms with Crippen molar-refractivity contribution in [1.29, 1.82) is 0 Å². The number of aromatic nitrogens is 1. The molecule has 0 radical (unpaired) electrons. The third-order valence-electron chi connectivity index (χ3n) is 4.02. The van der Waals surface area contributed by atoms with E-state index in [1.54, 1.807) is 11.3 Å². The van der Waals surface area contributed by atoms with Crippen molar-refractivity contribution < 1.29 is 9.53 Å². The van der Waals surface area contributed by atoms with Crippen LogP contribution in [0, 0.1) is 6.92 Å². The van der Waals surface area contributed by atoms with Gasteiger partial charge in [0, 0.05) is 37.8 Å². The zero-order valence-electron chi connectivity index (χ0n) is 13.7. The summed E-state index contributed by atoms with van der Waals surface area (Å²) in [5, 5.41) is 3.00. The van der Waals surface area contributed by atoms with E-state index >= 15 is 0 Å². The molecule has 7 heteroatoms. The molecule has 1 fully saturated rings. The van der Waals surface area contributed by atoms with Crippen molar-refractivity contribution in [3.05, 3.63) is 39.8 Å². The number of amides is 1. The van der Waals surface area contributed by atoms with Gasteiger partial charge < -0.3 is 14.5 Å². The maximum absolute atomic E-state index is 12.6. The van der Waals surface area contributed by atoms with E-state index in [0.717, 1.165) is 28.3 Å². The highest BCUT2D eigenvalue weighted by molar-refractivity contribution is 9.10. The molecule has 5 nitrogen and oxygen atoms in total. The van der Waals surface area contributed by atoms with Gasteiger partial charge >= 0.3 is 0 Å². The quantitative estimate of drug-likeness (QED) is 0.776. The molecule has 0 bridgehead atoms. The number of carbonyl (C=O) groups excluding carboxylic acids is 1. The van der Waals surface area contributed by atoms with Crippen molar-refractivity contribution in [1.82, 2.24) is 9.88 Å². The molecule has 3 rings (SSSR count). The number of halogens is 1. The zero-order valence-corrected chi connectivity index (χ0v) is 16.1. The van der Waals surface area contributed by atoms with Crippen LogP contribution in [0.5, 0.6) is 5.75 Å². The molecule has 0 spiro atoms. The molecule has 1 saturated heterocycles. The standard InChI is InChI=1S/C17H20BrN3O2S/c1-12-3-4-15(14(18)11-12)23-13(2)16(22)20-6-8-21(9-7-20)17-19-5-10-24-17/h3-5,10-11,13H,6-9H2,1-2H3/t13-/m0/s1. The molecule has 0 N–H and O–H groups in total. The first-order chi connectivity index (χ1) is 11.5. The van der Waals surface area contributed by atoms with Crippen molar-refractivity contribution >= 4 is 38.3 Å². The molecule has 1 aliphatic heterocycles. The van der Waals surface area contributed by atoms with Gasteiger partial charge in [-0.05, 0) is 47.5 Å². The summed E-state index contributed by atoms with van der Waals surface area (Å²) < 4.78 is 6.72. The zero-order chi connectivity index (χ0) is 17.1. The molecular formula is C17H20BrN3O2S. The Hall–Kier alpha value is -1.60. The number of thiazole rings is 1. The lowest BCUT2D eigenvalue weighted by atomic mass is 10.2. The molecule has 1 amide bonds. The van der Waals surface area contributed by atoms with E-state index in [0.29, 0.717) is 18.8 Å². The van der Waals surface area contributed by atoms with Crippen LogP contribution in [0.1, 0.15) is 12.5 Å². The Bertz CT molecular complexity index is 700. The van der Waals surface area contributed by atoms with E-state index < -0.39 is 6.10 Å². The SMILES string of the molecule is Cc1ccc(O[C@@H](C)C(=O)N2CCN(c3nccs3)CC2)c(Br)c1. The predicted molar refractivity (Wildman–Crippen MR) is 99.9 cm³/mol. The lowest BCUT2D eigenvalue weighted by Crippen LogP contribution is -2.52. The minimum atomic E-state index is -0.504. The highest BCUT2D eigenvalue weighted by Gasteiger charge is 2.27. The number of piperazine rings is 1. The summed E-state index contributed by atoms with van der Waals surface area (Å²) in [5.74, 6) is 0.726. The minimum Gasteiger partial charge on any atom is -0.480 e. The lowest BCUT2D eigenvalue weighted by Gasteiger charge is -2.35. The molecule has 0 aliphatic carbocycles. The number of nitrogens with zero attached hydrogens (tertiary/aromatic N) is 3. The maximum Gasteiger partial charge on any atom is 0.263 e. The van der Waals surface area contributed by atoms with Crippen LogP contribution in [-0.4, -0.2) is 48.1 Å². The van der Waals surface area contributed by atoms with Gasteiger partial charge in [0.25, 0.3) is 5.91 Å². The number of ether oxygens (including phenoxy) is 1. The van der Waals surface area contributed by atoms with Gasteiger partial charge in [-0.15, -0.1) is 11.3 Å². The Kier molecular flexibility index (Phi) is 5.40. The Morgan fingerprint density at radius 3 is 2.71 bits per heavy atom. The summed E-state index contributed by atoms with van der Waals surface area (Å²) >= 11 is 5.12. The molecule has 128 valence electrons. The second-order valence-electron chi connectivity index (χ2n) is 5.82. The fraction of sp³-hybridized carbons (Fsp3) is 0.412. The fourth-order valence-corrected chi connectivity index (χ4v) is 3.97. The molecule has 0 saturated carbocycles. The molecule has 1 aromatic carbocycles. The van der Waals surface area contributed by atoms with Crippen LogP contribution in [0.2, 0.25) is 0 Å². The summed E-state index contributed by atoms with van der Waals surface area (Å²) in [6.07, 6.45) is 1.31. The number of hydrogen-bond acceptors (Lipinski definition) is 5. The highest BCUT2D eigenvalue weighted by Crippen LogP contribution is 2.27. The number of hydrogen-bond donors (Lipinski definition) is 0. The van der Waals surface area contributed by atoms with Gasteiger partial charge in [0.15, 0.2) is 11.2 Å². The first kappa shape index (κ1) is 17.2. The van der Waals surface area contributed by atoms with Crippen LogP contribution in [0.4, 0.5) is 5.13 Å². The van der Waals surface area contributed by atoms with Crippen LogP contribution in [0.25, 0.3) is 0 Å². The van der Waals surface area contributed by atoms with E-state index in [4.69, 9.17) is 4.74 Å². The van der Waals surface area contributed by atoms with Gasteiger partial charge in [0.05, 0.1) is 4.47 Å². The summed E-state index contributed by atoms with van der Waals surface area (Å²) in [4.78, 5) is 21.0. The molecule has 0 unspecified atom stereocenters. The van der Waals surface area contributed by atoms with Gasteiger partial charge in [-0.3, -0.25) is 4.79 Å². The van der Waals surface area contributed by atoms with E-state index in [1.165, 1.54) is 0 Å². The molecule has 24 heavy (non-hydrogen) atoms. The lowest BCUT2D eigenvalue weighted by molar-refractivity contribution is -0.138. The number of carbonyl (C=O) groups is 1. The summed E-state index contributed by atoms with van der Waals surface area (Å²) in [7, 11) is 0. The van der Waals surface area contributed by atoms with E-state index in [9.17, 15) is 4.79 Å². The molecule has 1 aromatic heterocycles. The normalized spacial score (nSPS) is 16.1. The van der Waals surface area contributed by atoms with Crippen LogP contribution >= 0.6 is 27.3 Å². The Labute approximate surface area is 154 Å². The average Bonchev–Trinajstić information content (AvgIpc) is 3.11. The van der Waals surface area contributed by atoms with Gasteiger partial charge in [-0.25, -0.2) is 4.98 Å². The predicted octanol–water partition coefficient (Wildman–Crippen LogP) is 3.33. The largest absolute Gasteiger partial charge is 0.480 e. The van der Waals surface area contributed by atoms with Crippen molar-refractivity contribution in [3.8, 4) is 5.75 Å². The summed E-state index contributed by atoms with van der Waals surface area (Å²) in [6, 6.07) is 5.85. The topological polar surface area (TPSA) is 45.7 Å². The summed E-state index contributed by atoms with van der Waals surface area (Å²) in [5.41, 5.74) is 1.14. The second kappa shape index (κ2) is 7.53.